The van der Waals surface area contributed by atoms with Gasteiger partial charge in [0.1, 0.15) is 5.75 Å². The molecule has 96 valence electrons. The van der Waals surface area contributed by atoms with E-state index < -0.39 is 0 Å². The highest BCUT2D eigenvalue weighted by Gasteiger charge is 2.07. The van der Waals surface area contributed by atoms with Crippen LogP contribution in [0.15, 0.2) is 12.1 Å². The van der Waals surface area contributed by atoms with E-state index >= 15 is 0 Å². The molecule has 1 aromatic carbocycles. The molecule has 0 aromatic heterocycles. The Labute approximate surface area is 105 Å². The molecule has 2 N–H and O–H groups in total. The predicted molar refractivity (Wildman–Crippen MR) is 73.7 cm³/mol. The van der Waals surface area contributed by atoms with Crippen molar-refractivity contribution in [1.82, 2.24) is 0 Å². The van der Waals surface area contributed by atoms with Gasteiger partial charge in [-0.15, -0.1) is 0 Å². The Morgan fingerprint density at radius 2 is 1.82 bits per heavy atom. The van der Waals surface area contributed by atoms with E-state index in [0.717, 1.165) is 25.2 Å². The highest BCUT2D eigenvalue weighted by molar-refractivity contribution is 5.43. The van der Waals surface area contributed by atoms with Crippen LogP contribution in [0.25, 0.3) is 0 Å². The third kappa shape index (κ3) is 4.39. The van der Waals surface area contributed by atoms with E-state index in [1.807, 2.05) is 6.92 Å². The molecule has 0 radical (unpaired) electrons. The van der Waals surface area contributed by atoms with Gasteiger partial charge >= 0.3 is 0 Å². The molecule has 0 saturated heterocycles. The number of unbranched alkanes of at least 4 members (excludes halogenated alkanes) is 1. The zero-order valence-corrected chi connectivity index (χ0v) is 11.5. The number of nitrogens with two attached hydrogens (primary N) is 1. The maximum absolute atomic E-state index is 5.84. The third-order valence-corrected chi connectivity index (χ3v) is 2.82. The minimum atomic E-state index is 0.209. The van der Waals surface area contributed by atoms with E-state index in [1.165, 1.54) is 23.1 Å². The molecule has 0 bridgehead atoms. The Morgan fingerprint density at radius 1 is 1.24 bits per heavy atom. The van der Waals surface area contributed by atoms with Crippen molar-refractivity contribution in [1.29, 1.82) is 0 Å². The van der Waals surface area contributed by atoms with Gasteiger partial charge in [-0.1, -0.05) is 25.5 Å². The maximum Gasteiger partial charge on any atom is 0.125 e. The molecular weight excluding hydrogens is 210 g/mol. The third-order valence-electron chi connectivity index (χ3n) is 2.82. The number of rotatable bonds is 6. The molecule has 0 aliphatic carbocycles. The Bertz CT molecular complexity index is 335. The summed E-state index contributed by atoms with van der Waals surface area (Å²) < 4.78 is 5.84. The summed E-state index contributed by atoms with van der Waals surface area (Å²) in [7, 11) is 0. The minimum Gasteiger partial charge on any atom is -0.493 e. The molecular formula is C15H25NO. The van der Waals surface area contributed by atoms with E-state index in [-0.39, 0.29) is 6.04 Å². The molecule has 2 heteroatoms. The molecule has 0 spiro atoms. The summed E-state index contributed by atoms with van der Waals surface area (Å²) >= 11 is 0. The van der Waals surface area contributed by atoms with E-state index in [0.29, 0.717) is 0 Å². The summed E-state index contributed by atoms with van der Waals surface area (Å²) in [5.74, 6) is 1.05. The second-order valence-corrected chi connectivity index (χ2v) is 4.94. The van der Waals surface area contributed by atoms with Crippen LogP contribution in [0.5, 0.6) is 5.75 Å². The van der Waals surface area contributed by atoms with Crippen molar-refractivity contribution in [3.63, 3.8) is 0 Å². The molecule has 0 aliphatic rings. The predicted octanol–water partition coefficient (Wildman–Crippen LogP) is 3.37. The van der Waals surface area contributed by atoms with Gasteiger partial charge in [-0.2, -0.15) is 0 Å². The van der Waals surface area contributed by atoms with Gasteiger partial charge in [-0.25, -0.2) is 0 Å². The molecule has 0 fully saturated rings. The topological polar surface area (TPSA) is 35.2 Å². The molecule has 0 saturated carbocycles. The first-order chi connectivity index (χ1) is 8.04. The van der Waals surface area contributed by atoms with Crippen LogP contribution in [0, 0.1) is 13.8 Å². The van der Waals surface area contributed by atoms with Crippen molar-refractivity contribution >= 4 is 0 Å². The lowest BCUT2D eigenvalue weighted by Crippen LogP contribution is -2.18. The van der Waals surface area contributed by atoms with Gasteiger partial charge in [0.05, 0.1) is 6.61 Å². The molecule has 0 aliphatic heterocycles. The van der Waals surface area contributed by atoms with Crippen LogP contribution in [-0.2, 0) is 6.42 Å². The van der Waals surface area contributed by atoms with Crippen LogP contribution in [0.2, 0.25) is 0 Å². The summed E-state index contributed by atoms with van der Waals surface area (Å²) in [4.78, 5) is 0. The number of ether oxygens (including phenoxy) is 1. The van der Waals surface area contributed by atoms with Gasteiger partial charge < -0.3 is 10.5 Å². The van der Waals surface area contributed by atoms with Crippen molar-refractivity contribution in [2.24, 2.45) is 5.73 Å². The number of benzene rings is 1. The number of hydrogen-bond acceptors (Lipinski definition) is 2. The van der Waals surface area contributed by atoms with Crippen LogP contribution in [-0.4, -0.2) is 12.6 Å². The molecule has 1 atom stereocenters. The lowest BCUT2D eigenvalue weighted by molar-refractivity contribution is 0.305. The SMILES string of the molecule is CCCCOc1c(C)cc(CC(C)N)cc1C. The van der Waals surface area contributed by atoms with Gasteiger partial charge in [0, 0.05) is 6.04 Å². The first kappa shape index (κ1) is 14.0. The monoisotopic (exact) mass is 235 g/mol. The van der Waals surface area contributed by atoms with Gasteiger partial charge in [-0.3, -0.25) is 0 Å². The molecule has 1 unspecified atom stereocenters. The summed E-state index contributed by atoms with van der Waals surface area (Å²) in [6, 6.07) is 4.59. The minimum absolute atomic E-state index is 0.209. The summed E-state index contributed by atoms with van der Waals surface area (Å²) in [5.41, 5.74) is 9.57. The normalized spacial score (nSPS) is 12.5. The maximum atomic E-state index is 5.84. The summed E-state index contributed by atoms with van der Waals surface area (Å²) in [6.45, 7) is 9.24. The smallest absolute Gasteiger partial charge is 0.125 e. The Hall–Kier alpha value is -1.02. The molecule has 1 rings (SSSR count). The van der Waals surface area contributed by atoms with Crippen molar-refractivity contribution in [3.05, 3.63) is 28.8 Å². The largest absolute Gasteiger partial charge is 0.493 e. The molecule has 2 nitrogen and oxygen atoms in total. The molecule has 1 aromatic rings. The van der Waals surface area contributed by atoms with Crippen LogP contribution in [0.1, 0.15) is 43.4 Å². The van der Waals surface area contributed by atoms with E-state index in [4.69, 9.17) is 10.5 Å². The van der Waals surface area contributed by atoms with E-state index in [1.54, 1.807) is 0 Å². The number of aryl methyl sites for hydroxylation is 2. The quantitative estimate of drug-likeness (QED) is 0.767. The van der Waals surface area contributed by atoms with Crippen LogP contribution < -0.4 is 10.5 Å². The van der Waals surface area contributed by atoms with Crippen LogP contribution in [0.3, 0.4) is 0 Å². The molecule has 0 heterocycles. The van der Waals surface area contributed by atoms with Gasteiger partial charge in [0.25, 0.3) is 0 Å². The standard InChI is InChI=1S/C15H25NO/c1-5-6-7-17-15-11(2)8-14(9-12(15)3)10-13(4)16/h8-9,13H,5-7,10,16H2,1-4H3. The highest BCUT2D eigenvalue weighted by atomic mass is 16.5. The van der Waals surface area contributed by atoms with Gasteiger partial charge in [-0.05, 0) is 50.3 Å². The molecule has 17 heavy (non-hydrogen) atoms. The van der Waals surface area contributed by atoms with Gasteiger partial charge in [0.15, 0.2) is 0 Å². The van der Waals surface area contributed by atoms with Gasteiger partial charge in [0.2, 0.25) is 0 Å². The van der Waals surface area contributed by atoms with Crippen molar-refractivity contribution in [3.8, 4) is 5.75 Å². The van der Waals surface area contributed by atoms with Crippen molar-refractivity contribution in [2.45, 2.75) is 53.0 Å². The summed E-state index contributed by atoms with van der Waals surface area (Å²) in [5, 5.41) is 0. The highest BCUT2D eigenvalue weighted by Crippen LogP contribution is 2.25. The first-order valence-corrected chi connectivity index (χ1v) is 6.53. The second-order valence-electron chi connectivity index (χ2n) is 4.94. The first-order valence-electron chi connectivity index (χ1n) is 6.53. The van der Waals surface area contributed by atoms with Crippen molar-refractivity contribution in [2.75, 3.05) is 6.61 Å². The number of hydrogen-bond donors (Lipinski definition) is 1. The molecule has 0 amide bonds. The zero-order chi connectivity index (χ0) is 12.8. The summed E-state index contributed by atoms with van der Waals surface area (Å²) in [6.07, 6.45) is 3.21. The Morgan fingerprint density at radius 3 is 2.29 bits per heavy atom. The fourth-order valence-electron chi connectivity index (χ4n) is 2.08. The van der Waals surface area contributed by atoms with Crippen LogP contribution >= 0.6 is 0 Å². The Balaban J connectivity index is 2.79. The van der Waals surface area contributed by atoms with E-state index in [2.05, 4.69) is 32.9 Å². The average Bonchev–Trinajstić information content (AvgIpc) is 2.21. The second kappa shape index (κ2) is 6.65. The van der Waals surface area contributed by atoms with E-state index in [9.17, 15) is 0 Å². The average molecular weight is 235 g/mol. The fourth-order valence-corrected chi connectivity index (χ4v) is 2.08. The van der Waals surface area contributed by atoms with Crippen molar-refractivity contribution < 1.29 is 4.74 Å². The lowest BCUT2D eigenvalue weighted by atomic mass is 10.0. The lowest BCUT2D eigenvalue weighted by Gasteiger charge is -2.14. The zero-order valence-electron chi connectivity index (χ0n) is 11.5. The fraction of sp³-hybridized carbons (Fsp3) is 0.600. The van der Waals surface area contributed by atoms with Crippen LogP contribution in [0.4, 0.5) is 0 Å². The Kier molecular flexibility index (Phi) is 5.49.